The molecule has 24 heavy (non-hydrogen) atoms. The molecule has 0 amide bonds. The lowest BCUT2D eigenvalue weighted by Crippen LogP contribution is -2.28. The minimum atomic E-state index is -0.332. The molecule has 1 aromatic heterocycles. The Morgan fingerprint density at radius 2 is 1.71 bits per heavy atom. The Morgan fingerprint density at radius 1 is 1.00 bits per heavy atom. The number of benzene rings is 2. The summed E-state index contributed by atoms with van der Waals surface area (Å²) in [5.41, 5.74) is 8.11. The molecular weight excluding hydrogens is 325 g/mol. The maximum Gasteiger partial charge on any atom is 0.200 e. The summed E-state index contributed by atoms with van der Waals surface area (Å²) in [5, 5.41) is 7.10. The highest BCUT2D eigenvalue weighted by Gasteiger charge is 2.30. The Bertz CT molecular complexity index is 905. The fourth-order valence-electron chi connectivity index (χ4n) is 3.04. The van der Waals surface area contributed by atoms with Crippen molar-refractivity contribution in [2.45, 2.75) is 18.5 Å². The molecule has 2 unspecified atom stereocenters. The molecule has 1 aliphatic rings. The van der Waals surface area contributed by atoms with E-state index in [4.69, 9.17) is 12.2 Å². The predicted octanol–water partition coefficient (Wildman–Crippen LogP) is 3.35. The molecule has 0 bridgehead atoms. The van der Waals surface area contributed by atoms with Crippen molar-refractivity contribution in [3.05, 3.63) is 76.6 Å². The van der Waals surface area contributed by atoms with Crippen molar-refractivity contribution >= 4 is 12.2 Å². The van der Waals surface area contributed by atoms with E-state index in [0.29, 0.717) is 16.3 Å². The first kappa shape index (κ1) is 15.2. The van der Waals surface area contributed by atoms with Crippen LogP contribution in [0.15, 0.2) is 54.6 Å². The quantitative estimate of drug-likeness (QED) is 0.640. The van der Waals surface area contributed by atoms with Crippen molar-refractivity contribution in [3.8, 4) is 5.69 Å². The summed E-state index contributed by atoms with van der Waals surface area (Å²) in [4.78, 5) is 0. The monoisotopic (exact) mass is 341 g/mol. The summed E-state index contributed by atoms with van der Waals surface area (Å²) in [6.07, 6.45) is 0.790. The van der Waals surface area contributed by atoms with Gasteiger partial charge in [-0.15, -0.1) is 0 Å². The molecule has 1 saturated heterocycles. The third-order valence-corrected chi connectivity index (χ3v) is 4.48. The van der Waals surface area contributed by atoms with Gasteiger partial charge in [0.1, 0.15) is 5.82 Å². The van der Waals surface area contributed by atoms with Crippen LogP contribution in [0.1, 0.15) is 29.9 Å². The molecule has 5 nitrogen and oxygen atoms in total. The lowest BCUT2D eigenvalue weighted by Gasteiger charge is -2.12. The highest BCUT2D eigenvalue weighted by Crippen LogP contribution is 2.31. The van der Waals surface area contributed by atoms with Gasteiger partial charge in [0.05, 0.1) is 11.7 Å². The first-order valence-corrected chi connectivity index (χ1v) is 8.13. The van der Waals surface area contributed by atoms with Gasteiger partial charge in [0.2, 0.25) is 0 Å². The van der Waals surface area contributed by atoms with E-state index >= 15 is 0 Å². The van der Waals surface area contributed by atoms with Crippen molar-refractivity contribution in [3.63, 3.8) is 0 Å². The summed E-state index contributed by atoms with van der Waals surface area (Å²) in [7, 11) is 0. The standard InChI is InChI=1S/C17H16FN5S/c18-12-8-4-5-9-15(12)23-16(21-22-17(23)24)14-10-13(19-20-14)11-6-2-1-3-7-11/h1-9,13-14,19-20H,10H2,(H,22,24). The topological polar surface area (TPSA) is 57.7 Å². The van der Waals surface area contributed by atoms with Gasteiger partial charge in [0.25, 0.3) is 0 Å². The number of hydrogen-bond acceptors (Lipinski definition) is 4. The molecule has 122 valence electrons. The van der Waals surface area contributed by atoms with Crippen LogP contribution in [-0.4, -0.2) is 14.8 Å². The molecule has 0 aliphatic carbocycles. The predicted molar refractivity (Wildman–Crippen MR) is 91.5 cm³/mol. The van der Waals surface area contributed by atoms with Crippen molar-refractivity contribution in [1.29, 1.82) is 0 Å². The van der Waals surface area contributed by atoms with Crippen LogP contribution < -0.4 is 10.9 Å². The van der Waals surface area contributed by atoms with Crippen LogP contribution >= 0.6 is 12.2 Å². The van der Waals surface area contributed by atoms with E-state index in [2.05, 4.69) is 33.2 Å². The highest BCUT2D eigenvalue weighted by molar-refractivity contribution is 7.71. The third-order valence-electron chi connectivity index (χ3n) is 4.21. The number of nitrogens with zero attached hydrogens (tertiary/aromatic N) is 2. The molecule has 3 N–H and O–H groups in total. The summed E-state index contributed by atoms with van der Waals surface area (Å²) < 4.78 is 16.2. The molecule has 7 heteroatoms. The van der Waals surface area contributed by atoms with E-state index in [1.54, 1.807) is 22.8 Å². The number of nitrogens with one attached hydrogen (secondary N) is 3. The average molecular weight is 341 g/mol. The van der Waals surface area contributed by atoms with E-state index < -0.39 is 0 Å². The Hall–Kier alpha value is -2.35. The molecule has 1 fully saturated rings. The van der Waals surface area contributed by atoms with E-state index in [0.717, 1.165) is 6.42 Å². The van der Waals surface area contributed by atoms with Crippen LogP contribution in [0.5, 0.6) is 0 Å². The summed E-state index contributed by atoms with van der Waals surface area (Å²) in [5.74, 6) is 0.331. The molecule has 1 aliphatic heterocycles. The molecule has 3 aromatic rings. The summed E-state index contributed by atoms with van der Waals surface area (Å²) in [6.45, 7) is 0. The number of para-hydroxylation sites is 1. The smallest absolute Gasteiger partial charge is 0.200 e. The van der Waals surface area contributed by atoms with E-state index in [-0.39, 0.29) is 17.9 Å². The van der Waals surface area contributed by atoms with Crippen molar-refractivity contribution in [2.75, 3.05) is 0 Å². The number of aromatic nitrogens is 3. The van der Waals surface area contributed by atoms with Crippen LogP contribution in [0, 0.1) is 10.6 Å². The van der Waals surface area contributed by atoms with Crippen LogP contribution in [0.2, 0.25) is 0 Å². The van der Waals surface area contributed by atoms with Gasteiger partial charge in [-0.25, -0.2) is 15.2 Å². The summed E-state index contributed by atoms with van der Waals surface area (Å²) in [6, 6.07) is 16.8. The zero-order valence-corrected chi connectivity index (χ0v) is 13.6. The molecule has 2 heterocycles. The molecular formula is C17H16FN5S. The van der Waals surface area contributed by atoms with Gasteiger partial charge in [0, 0.05) is 6.04 Å². The van der Waals surface area contributed by atoms with Crippen molar-refractivity contribution in [2.24, 2.45) is 0 Å². The number of rotatable bonds is 3. The number of hydrogen-bond donors (Lipinski definition) is 3. The Balaban J connectivity index is 1.67. The Kier molecular flexibility index (Phi) is 3.97. The van der Waals surface area contributed by atoms with E-state index in [1.165, 1.54) is 11.6 Å². The van der Waals surface area contributed by atoms with Crippen LogP contribution in [0.3, 0.4) is 0 Å². The normalized spacial score (nSPS) is 20.4. The van der Waals surface area contributed by atoms with E-state index in [1.807, 2.05) is 18.2 Å². The number of hydrazine groups is 1. The van der Waals surface area contributed by atoms with Crippen molar-refractivity contribution < 1.29 is 4.39 Å². The maximum atomic E-state index is 14.2. The lowest BCUT2D eigenvalue weighted by atomic mass is 10.0. The second-order valence-corrected chi connectivity index (χ2v) is 6.10. The first-order valence-electron chi connectivity index (χ1n) is 7.72. The SMILES string of the molecule is Fc1ccccc1-n1c(C2CC(c3ccccc3)NN2)n[nH]c1=S. The van der Waals surface area contributed by atoms with Crippen LogP contribution in [0.4, 0.5) is 4.39 Å². The van der Waals surface area contributed by atoms with Gasteiger partial charge in [-0.05, 0) is 36.3 Å². The molecule has 0 spiro atoms. The molecule has 4 rings (SSSR count). The zero-order chi connectivity index (χ0) is 16.5. The van der Waals surface area contributed by atoms with Crippen molar-refractivity contribution in [1.82, 2.24) is 25.6 Å². The summed E-state index contributed by atoms with van der Waals surface area (Å²) >= 11 is 5.30. The van der Waals surface area contributed by atoms with Gasteiger partial charge >= 0.3 is 0 Å². The third kappa shape index (κ3) is 2.66. The Morgan fingerprint density at radius 3 is 2.50 bits per heavy atom. The van der Waals surface area contributed by atoms with Gasteiger partial charge in [0.15, 0.2) is 10.6 Å². The fraction of sp³-hybridized carbons (Fsp3) is 0.176. The minimum absolute atomic E-state index is 0.0808. The maximum absolute atomic E-state index is 14.2. The number of H-pyrrole nitrogens is 1. The van der Waals surface area contributed by atoms with E-state index in [9.17, 15) is 4.39 Å². The van der Waals surface area contributed by atoms with Gasteiger partial charge in [-0.2, -0.15) is 5.10 Å². The van der Waals surface area contributed by atoms with Gasteiger partial charge < -0.3 is 0 Å². The van der Waals surface area contributed by atoms with Gasteiger partial charge in [-0.3, -0.25) is 9.67 Å². The number of aromatic amines is 1. The van der Waals surface area contributed by atoms with Crippen LogP contribution in [0.25, 0.3) is 5.69 Å². The second kappa shape index (κ2) is 6.27. The second-order valence-electron chi connectivity index (χ2n) is 5.71. The highest BCUT2D eigenvalue weighted by atomic mass is 32.1. The zero-order valence-electron chi connectivity index (χ0n) is 12.7. The van der Waals surface area contributed by atoms with Crippen LogP contribution in [-0.2, 0) is 0 Å². The molecule has 2 atom stereocenters. The molecule has 0 saturated carbocycles. The average Bonchev–Trinajstić information content (AvgIpc) is 3.23. The molecule has 2 aromatic carbocycles. The first-order chi connectivity index (χ1) is 11.7. The fourth-order valence-corrected chi connectivity index (χ4v) is 3.28. The number of halogens is 1. The minimum Gasteiger partial charge on any atom is -0.268 e. The molecule has 0 radical (unpaired) electrons. The lowest BCUT2D eigenvalue weighted by molar-refractivity contribution is 0.531. The Labute approximate surface area is 143 Å². The van der Waals surface area contributed by atoms with Gasteiger partial charge in [-0.1, -0.05) is 42.5 Å². The largest absolute Gasteiger partial charge is 0.268 e.